The lowest BCUT2D eigenvalue weighted by atomic mass is 10.2. The van der Waals surface area contributed by atoms with Crippen LogP contribution in [0.15, 0.2) is 30.8 Å². The van der Waals surface area contributed by atoms with E-state index in [9.17, 15) is 4.79 Å². The quantitative estimate of drug-likeness (QED) is 0.897. The van der Waals surface area contributed by atoms with Crippen LogP contribution in [0.25, 0.3) is 6.08 Å². The van der Waals surface area contributed by atoms with Gasteiger partial charge < -0.3 is 14.8 Å². The van der Waals surface area contributed by atoms with Crippen molar-refractivity contribution in [2.75, 3.05) is 6.61 Å². The minimum atomic E-state index is -0.485. The van der Waals surface area contributed by atoms with Crippen LogP contribution in [0.2, 0.25) is 0 Å². The number of ether oxygens (including phenoxy) is 2. The SMILES string of the molecule is C=Cc1ccc(OCC2(NC(=O)OC(C)(C)C)CC2)cc1. The maximum atomic E-state index is 11.8. The van der Waals surface area contributed by atoms with Gasteiger partial charge in [-0.05, 0) is 51.3 Å². The van der Waals surface area contributed by atoms with Crippen molar-refractivity contribution in [1.29, 1.82) is 0 Å². The highest BCUT2D eigenvalue weighted by atomic mass is 16.6. The largest absolute Gasteiger partial charge is 0.491 e. The number of nitrogens with one attached hydrogen (secondary N) is 1. The summed E-state index contributed by atoms with van der Waals surface area (Å²) in [7, 11) is 0. The van der Waals surface area contributed by atoms with E-state index in [1.165, 1.54) is 0 Å². The summed E-state index contributed by atoms with van der Waals surface area (Å²) in [5.74, 6) is 0.790. The summed E-state index contributed by atoms with van der Waals surface area (Å²) in [6.07, 6.45) is 3.23. The zero-order chi connectivity index (χ0) is 15.5. The Morgan fingerprint density at radius 3 is 2.43 bits per heavy atom. The second-order valence-electron chi connectivity index (χ2n) is 6.47. The summed E-state index contributed by atoms with van der Waals surface area (Å²) in [6.45, 7) is 9.73. The lowest BCUT2D eigenvalue weighted by Crippen LogP contribution is -2.44. The van der Waals surface area contributed by atoms with Gasteiger partial charge in [-0.1, -0.05) is 24.8 Å². The molecule has 0 unspecified atom stereocenters. The average molecular weight is 289 g/mol. The molecule has 4 nitrogen and oxygen atoms in total. The number of hydrogen-bond donors (Lipinski definition) is 1. The fourth-order valence-corrected chi connectivity index (χ4v) is 1.90. The maximum Gasteiger partial charge on any atom is 0.408 e. The normalized spacial score (nSPS) is 16.0. The molecular weight excluding hydrogens is 266 g/mol. The van der Waals surface area contributed by atoms with Crippen molar-refractivity contribution >= 4 is 12.2 Å². The molecule has 1 aromatic carbocycles. The van der Waals surface area contributed by atoms with Crippen molar-refractivity contribution in [2.45, 2.75) is 44.8 Å². The number of amides is 1. The fraction of sp³-hybridized carbons (Fsp3) is 0.471. The van der Waals surface area contributed by atoms with Gasteiger partial charge in [-0.2, -0.15) is 0 Å². The number of benzene rings is 1. The van der Waals surface area contributed by atoms with Gasteiger partial charge in [0.15, 0.2) is 0 Å². The maximum absolute atomic E-state index is 11.8. The standard InChI is InChI=1S/C17H23NO3/c1-5-13-6-8-14(9-7-13)20-12-17(10-11-17)18-15(19)21-16(2,3)4/h5-9H,1,10-12H2,2-4H3,(H,18,19). The molecule has 1 saturated carbocycles. The molecular formula is C17H23NO3. The predicted octanol–water partition coefficient (Wildman–Crippen LogP) is 3.77. The van der Waals surface area contributed by atoms with Crippen molar-refractivity contribution in [3.63, 3.8) is 0 Å². The summed E-state index contributed by atoms with van der Waals surface area (Å²) in [5.41, 5.74) is 0.288. The predicted molar refractivity (Wildman–Crippen MR) is 83.4 cm³/mol. The number of rotatable bonds is 5. The van der Waals surface area contributed by atoms with E-state index in [1.54, 1.807) is 6.08 Å². The highest BCUT2D eigenvalue weighted by molar-refractivity contribution is 5.69. The molecule has 21 heavy (non-hydrogen) atoms. The van der Waals surface area contributed by atoms with Crippen LogP contribution < -0.4 is 10.1 Å². The first-order chi connectivity index (χ1) is 9.82. The average Bonchev–Trinajstić information content (AvgIpc) is 3.15. The second kappa shape index (κ2) is 5.80. The van der Waals surface area contributed by atoms with Crippen LogP contribution in [0.5, 0.6) is 5.75 Å². The minimum absolute atomic E-state index is 0.278. The third-order valence-corrected chi connectivity index (χ3v) is 3.25. The highest BCUT2D eigenvalue weighted by Crippen LogP contribution is 2.36. The van der Waals surface area contributed by atoms with E-state index < -0.39 is 5.60 Å². The van der Waals surface area contributed by atoms with E-state index in [0.29, 0.717) is 6.61 Å². The molecule has 1 fully saturated rings. The highest BCUT2D eigenvalue weighted by Gasteiger charge is 2.46. The Morgan fingerprint density at radius 2 is 1.95 bits per heavy atom. The molecule has 0 bridgehead atoms. The van der Waals surface area contributed by atoms with Gasteiger partial charge in [-0.25, -0.2) is 4.79 Å². The van der Waals surface area contributed by atoms with Crippen LogP contribution in [0.4, 0.5) is 4.79 Å². The molecule has 1 aliphatic carbocycles. The first kappa shape index (κ1) is 15.4. The van der Waals surface area contributed by atoms with E-state index in [4.69, 9.17) is 9.47 Å². The molecule has 0 saturated heterocycles. The van der Waals surface area contributed by atoms with E-state index in [-0.39, 0.29) is 11.6 Å². The molecule has 0 aliphatic heterocycles. The van der Waals surface area contributed by atoms with Crippen LogP contribution in [0, 0.1) is 0 Å². The summed E-state index contributed by atoms with van der Waals surface area (Å²) in [6, 6.07) is 7.70. The molecule has 2 rings (SSSR count). The molecule has 1 amide bonds. The van der Waals surface area contributed by atoms with E-state index >= 15 is 0 Å². The lowest BCUT2D eigenvalue weighted by molar-refractivity contribution is 0.0477. The molecule has 0 spiro atoms. The van der Waals surface area contributed by atoms with Gasteiger partial charge in [0.25, 0.3) is 0 Å². The Balaban J connectivity index is 1.84. The monoisotopic (exact) mass is 289 g/mol. The molecule has 1 N–H and O–H groups in total. The molecule has 0 heterocycles. The van der Waals surface area contributed by atoms with E-state index in [0.717, 1.165) is 24.2 Å². The first-order valence-corrected chi connectivity index (χ1v) is 7.18. The van der Waals surface area contributed by atoms with Crippen molar-refractivity contribution in [3.8, 4) is 5.75 Å². The van der Waals surface area contributed by atoms with Crippen LogP contribution in [-0.2, 0) is 4.74 Å². The van der Waals surface area contributed by atoms with Crippen molar-refractivity contribution in [3.05, 3.63) is 36.4 Å². The van der Waals surface area contributed by atoms with Crippen LogP contribution >= 0.6 is 0 Å². The Bertz CT molecular complexity index is 510. The topological polar surface area (TPSA) is 47.6 Å². The number of carbonyl (C=O) groups excluding carboxylic acids is 1. The van der Waals surface area contributed by atoms with Crippen LogP contribution in [-0.4, -0.2) is 23.8 Å². The van der Waals surface area contributed by atoms with Crippen molar-refractivity contribution in [1.82, 2.24) is 5.32 Å². The Labute approximate surface area is 126 Å². The van der Waals surface area contributed by atoms with Gasteiger partial charge in [-0.3, -0.25) is 0 Å². The van der Waals surface area contributed by atoms with Gasteiger partial charge >= 0.3 is 6.09 Å². The van der Waals surface area contributed by atoms with E-state index in [1.807, 2.05) is 45.0 Å². The summed E-state index contributed by atoms with van der Waals surface area (Å²) in [4.78, 5) is 11.8. The second-order valence-corrected chi connectivity index (χ2v) is 6.47. The number of carbonyl (C=O) groups is 1. The van der Waals surface area contributed by atoms with E-state index in [2.05, 4.69) is 11.9 Å². The molecule has 0 aromatic heterocycles. The lowest BCUT2D eigenvalue weighted by Gasteiger charge is -2.23. The minimum Gasteiger partial charge on any atom is -0.491 e. The van der Waals surface area contributed by atoms with Crippen molar-refractivity contribution in [2.24, 2.45) is 0 Å². The number of hydrogen-bond acceptors (Lipinski definition) is 3. The van der Waals surface area contributed by atoms with Crippen LogP contribution in [0.3, 0.4) is 0 Å². The summed E-state index contributed by atoms with van der Waals surface area (Å²) < 4.78 is 11.0. The fourth-order valence-electron chi connectivity index (χ4n) is 1.90. The van der Waals surface area contributed by atoms with Crippen molar-refractivity contribution < 1.29 is 14.3 Å². The van der Waals surface area contributed by atoms with Crippen LogP contribution in [0.1, 0.15) is 39.2 Å². The molecule has 0 radical (unpaired) electrons. The van der Waals surface area contributed by atoms with Gasteiger partial charge in [0.05, 0.1) is 5.54 Å². The Morgan fingerprint density at radius 1 is 1.33 bits per heavy atom. The molecule has 1 aromatic rings. The number of alkyl carbamates (subject to hydrolysis) is 1. The molecule has 4 heteroatoms. The summed E-state index contributed by atoms with van der Waals surface area (Å²) in [5, 5.41) is 2.91. The zero-order valence-corrected chi connectivity index (χ0v) is 12.9. The van der Waals surface area contributed by atoms with Gasteiger partial charge in [0.2, 0.25) is 0 Å². The Hall–Kier alpha value is -1.97. The Kier molecular flexibility index (Phi) is 4.26. The molecule has 114 valence electrons. The smallest absolute Gasteiger partial charge is 0.408 e. The molecule has 0 atom stereocenters. The summed E-state index contributed by atoms with van der Waals surface area (Å²) >= 11 is 0. The zero-order valence-electron chi connectivity index (χ0n) is 12.9. The van der Waals surface area contributed by atoms with Gasteiger partial charge in [0, 0.05) is 0 Å². The molecule has 1 aliphatic rings. The third kappa shape index (κ3) is 4.81. The first-order valence-electron chi connectivity index (χ1n) is 7.18. The van der Waals surface area contributed by atoms with Gasteiger partial charge in [0.1, 0.15) is 18.0 Å². The van der Waals surface area contributed by atoms with Gasteiger partial charge in [-0.15, -0.1) is 0 Å². The third-order valence-electron chi connectivity index (χ3n) is 3.25.